The van der Waals surface area contributed by atoms with Gasteiger partial charge >= 0.3 is 0 Å². The SMILES string of the molecule is CC(C)(C)C1CC2(C)C(=O)C(=C(O)c3ccccc3)C1(C(C)(C)C)C2(C)C. The molecule has 0 amide bonds. The van der Waals surface area contributed by atoms with E-state index in [-0.39, 0.29) is 27.8 Å². The van der Waals surface area contributed by atoms with Crippen LogP contribution in [-0.2, 0) is 4.79 Å². The van der Waals surface area contributed by atoms with E-state index < -0.39 is 10.8 Å². The molecule has 148 valence electrons. The number of benzene rings is 1. The van der Waals surface area contributed by atoms with E-state index >= 15 is 0 Å². The number of carbonyl (C=O) groups is 1. The fourth-order valence-corrected chi connectivity index (χ4v) is 6.83. The van der Waals surface area contributed by atoms with E-state index in [0.717, 1.165) is 12.0 Å². The topological polar surface area (TPSA) is 37.3 Å². The van der Waals surface area contributed by atoms with E-state index in [0.29, 0.717) is 11.5 Å². The fraction of sp³-hybridized carbons (Fsp3) is 0.640. The van der Waals surface area contributed by atoms with E-state index in [1.165, 1.54) is 0 Å². The van der Waals surface area contributed by atoms with Crippen LogP contribution in [0.25, 0.3) is 5.76 Å². The summed E-state index contributed by atoms with van der Waals surface area (Å²) in [4.78, 5) is 13.8. The first kappa shape index (κ1) is 20.2. The van der Waals surface area contributed by atoms with Crippen molar-refractivity contribution in [1.29, 1.82) is 0 Å². The highest BCUT2D eigenvalue weighted by Crippen LogP contribution is 2.82. The molecular formula is C25H36O2. The summed E-state index contributed by atoms with van der Waals surface area (Å²) in [5, 5.41) is 11.4. The largest absolute Gasteiger partial charge is 0.507 e. The van der Waals surface area contributed by atoms with Gasteiger partial charge in [0.05, 0.1) is 0 Å². The summed E-state index contributed by atoms with van der Waals surface area (Å²) >= 11 is 0. The Morgan fingerprint density at radius 2 is 1.52 bits per heavy atom. The zero-order valence-corrected chi connectivity index (χ0v) is 18.5. The molecule has 3 unspecified atom stereocenters. The Bertz CT molecular complexity index is 801. The van der Waals surface area contributed by atoms with Gasteiger partial charge in [-0.25, -0.2) is 0 Å². The van der Waals surface area contributed by atoms with Crippen LogP contribution in [0.4, 0.5) is 0 Å². The van der Waals surface area contributed by atoms with Gasteiger partial charge in [0.15, 0.2) is 5.78 Å². The van der Waals surface area contributed by atoms with Gasteiger partial charge in [-0.3, -0.25) is 4.79 Å². The van der Waals surface area contributed by atoms with Gasteiger partial charge in [0.2, 0.25) is 0 Å². The maximum Gasteiger partial charge on any atom is 0.169 e. The number of aliphatic hydroxyl groups excluding tert-OH is 1. The second-order valence-electron chi connectivity index (χ2n) is 11.6. The van der Waals surface area contributed by atoms with Gasteiger partial charge in [-0.1, -0.05) is 92.6 Å². The van der Waals surface area contributed by atoms with Crippen LogP contribution < -0.4 is 0 Å². The number of hydrogen-bond acceptors (Lipinski definition) is 2. The third kappa shape index (κ3) is 2.22. The monoisotopic (exact) mass is 368 g/mol. The van der Waals surface area contributed by atoms with Crippen LogP contribution in [0.2, 0.25) is 0 Å². The third-order valence-corrected chi connectivity index (χ3v) is 8.14. The van der Waals surface area contributed by atoms with E-state index in [1.807, 2.05) is 30.3 Å². The van der Waals surface area contributed by atoms with Gasteiger partial charge in [0.1, 0.15) is 5.76 Å². The summed E-state index contributed by atoms with van der Waals surface area (Å²) in [7, 11) is 0. The molecular weight excluding hydrogens is 332 g/mol. The Hall–Kier alpha value is -1.57. The number of fused-ring (bicyclic) bond motifs is 2. The van der Waals surface area contributed by atoms with Gasteiger partial charge in [0.25, 0.3) is 0 Å². The molecule has 1 aromatic carbocycles. The number of Topliss-reactive ketones (excluding diaryl/α,β-unsaturated/α-hetero) is 1. The predicted molar refractivity (Wildman–Crippen MR) is 112 cm³/mol. The highest BCUT2D eigenvalue weighted by Gasteiger charge is 2.80. The quantitative estimate of drug-likeness (QED) is 0.444. The van der Waals surface area contributed by atoms with Crippen molar-refractivity contribution in [2.45, 2.75) is 68.7 Å². The van der Waals surface area contributed by atoms with Crippen LogP contribution in [0.15, 0.2) is 35.9 Å². The summed E-state index contributed by atoms with van der Waals surface area (Å²) < 4.78 is 0. The Morgan fingerprint density at radius 1 is 1.00 bits per heavy atom. The van der Waals surface area contributed by atoms with E-state index in [2.05, 4.69) is 62.3 Å². The molecule has 2 fully saturated rings. The normalized spacial score (nSPS) is 34.9. The van der Waals surface area contributed by atoms with E-state index in [9.17, 15) is 9.90 Å². The molecule has 27 heavy (non-hydrogen) atoms. The van der Waals surface area contributed by atoms with Crippen molar-refractivity contribution in [3.05, 3.63) is 41.5 Å². The van der Waals surface area contributed by atoms with Crippen LogP contribution in [0.3, 0.4) is 0 Å². The Labute approximate surface area is 165 Å². The van der Waals surface area contributed by atoms with Crippen LogP contribution in [0.5, 0.6) is 0 Å². The molecule has 2 saturated carbocycles. The maximum atomic E-state index is 13.8. The van der Waals surface area contributed by atoms with Gasteiger partial charge < -0.3 is 5.11 Å². The molecule has 2 nitrogen and oxygen atoms in total. The molecule has 0 aromatic heterocycles. The lowest BCUT2D eigenvalue weighted by Crippen LogP contribution is -2.52. The number of carbonyl (C=O) groups excluding carboxylic acids is 1. The van der Waals surface area contributed by atoms with Crippen molar-refractivity contribution in [2.75, 3.05) is 0 Å². The van der Waals surface area contributed by atoms with Crippen molar-refractivity contribution >= 4 is 11.5 Å². The Kier molecular flexibility index (Phi) is 4.10. The van der Waals surface area contributed by atoms with Crippen LogP contribution in [0.1, 0.15) is 74.3 Å². The summed E-state index contributed by atoms with van der Waals surface area (Å²) in [5.41, 5.74) is 0.164. The molecule has 0 spiro atoms. The lowest BCUT2D eigenvalue weighted by Gasteiger charge is -2.56. The maximum absolute atomic E-state index is 13.8. The van der Waals surface area contributed by atoms with Crippen LogP contribution in [0, 0.1) is 33.0 Å². The number of rotatable bonds is 1. The minimum Gasteiger partial charge on any atom is -0.507 e. The van der Waals surface area contributed by atoms with Crippen LogP contribution in [-0.4, -0.2) is 10.9 Å². The van der Waals surface area contributed by atoms with Crippen molar-refractivity contribution < 1.29 is 9.90 Å². The Balaban J connectivity index is 2.47. The molecule has 0 aliphatic heterocycles. The average molecular weight is 369 g/mol. The zero-order chi connectivity index (χ0) is 20.6. The summed E-state index contributed by atoms with van der Waals surface area (Å²) in [6.07, 6.45) is 0.880. The van der Waals surface area contributed by atoms with E-state index in [1.54, 1.807) is 0 Å². The van der Waals surface area contributed by atoms with Crippen molar-refractivity contribution in [2.24, 2.45) is 33.0 Å². The average Bonchev–Trinajstić information content (AvgIpc) is 2.81. The number of ketones is 1. The molecule has 2 bridgehead atoms. The number of aliphatic hydroxyl groups is 1. The van der Waals surface area contributed by atoms with Crippen molar-refractivity contribution in [3.63, 3.8) is 0 Å². The minimum absolute atomic E-state index is 0.0330. The molecule has 2 aliphatic carbocycles. The highest BCUT2D eigenvalue weighted by atomic mass is 16.3. The first-order valence-corrected chi connectivity index (χ1v) is 10.2. The predicted octanol–water partition coefficient (Wildman–Crippen LogP) is 6.67. The lowest BCUT2D eigenvalue weighted by molar-refractivity contribution is -0.126. The molecule has 3 rings (SSSR count). The number of allylic oxidation sites excluding steroid dienone is 1. The summed E-state index contributed by atoms with van der Waals surface area (Å²) in [5.74, 6) is 0.633. The minimum atomic E-state index is -0.462. The van der Waals surface area contributed by atoms with E-state index in [4.69, 9.17) is 0 Å². The first-order valence-electron chi connectivity index (χ1n) is 10.2. The van der Waals surface area contributed by atoms with Crippen molar-refractivity contribution in [3.8, 4) is 0 Å². The highest BCUT2D eigenvalue weighted by molar-refractivity contribution is 6.10. The molecule has 0 heterocycles. The molecule has 3 atom stereocenters. The summed E-state index contributed by atoms with van der Waals surface area (Å²) in [6.45, 7) is 20.2. The van der Waals surface area contributed by atoms with Gasteiger partial charge in [0, 0.05) is 22.0 Å². The summed E-state index contributed by atoms with van der Waals surface area (Å²) in [6, 6.07) is 9.58. The second-order valence-corrected chi connectivity index (χ2v) is 11.6. The standard InChI is InChI=1S/C25H36O2/c1-21(2,3)17-15-24(9)20(27)18(19(26)16-13-11-10-12-14-16)25(17,22(4,5)6)23(24,7)8/h10-14,17,26H,15H2,1-9H3. The second kappa shape index (κ2) is 5.49. The molecule has 0 saturated heterocycles. The smallest absolute Gasteiger partial charge is 0.169 e. The van der Waals surface area contributed by atoms with Crippen molar-refractivity contribution in [1.82, 2.24) is 0 Å². The van der Waals surface area contributed by atoms with Crippen LogP contribution >= 0.6 is 0 Å². The lowest BCUT2D eigenvalue weighted by atomic mass is 9.47. The molecule has 2 aliphatic rings. The fourth-order valence-electron chi connectivity index (χ4n) is 6.83. The molecule has 0 radical (unpaired) electrons. The first-order chi connectivity index (χ1) is 12.1. The zero-order valence-electron chi connectivity index (χ0n) is 18.5. The molecule has 1 N–H and O–H groups in total. The van der Waals surface area contributed by atoms with Gasteiger partial charge in [-0.15, -0.1) is 0 Å². The Morgan fingerprint density at radius 3 is 1.96 bits per heavy atom. The molecule has 2 heteroatoms. The number of hydrogen-bond donors (Lipinski definition) is 1. The molecule has 1 aromatic rings. The van der Waals surface area contributed by atoms with Gasteiger partial charge in [-0.2, -0.15) is 0 Å². The third-order valence-electron chi connectivity index (χ3n) is 8.14. The van der Waals surface area contributed by atoms with Gasteiger partial charge in [-0.05, 0) is 28.6 Å².